The number of nitrogens with zero attached hydrogens (tertiary/aromatic N) is 2. The van der Waals surface area contributed by atoms with Crippen LogP contribution in [0.2, 0.25) is 0 Å². The minimum Gasteiger partial charge on any atom is -0.493 e. The molecule has 0 radical (unpaired) electrons. The van der Waals surface area contributed by atoms with E-state index in [0.717, 1.165) is 50.5 Å². The van der Waals surface area contributed by atoms with Crippen molar-refractivity contribution in [2.45, 2.75) is 52.7 Å². The number of aliphatic imine (C=N–C) groups is 1. The monoisotopic (exact) mass is 408 g/mol. The fourth-order valence-corrected chi connectivity index (χ4v) is 3.13. The van der Waals surface area contributed by atoms with Crippen LogP contribution in [-0.2, 0) is 0 Å². The van der Waals surface area contributed by atoms with Gasteiger partial charge < -0.3 is 30.1 Å². The van der Waals surface area contributed by atoms with Crippen molar-refractivity contribution in [3.63, 3.8) is 0 Å². The molecule has 2 atom stereocenters. The molecule has 2 unspecified atom stereocenters. The number of rotatable bonds is 13. The van der Waals surface area contributed by atoms with Gasteiger partial charge in [0.25, 0.3) is 0 Å². The first-order chi connectivity index (χ1) is 14.0. The summed E-state index contributed by atoms with van der Waals surface area (Å²) < 4.78 is 10.6. The molecule has 0 amide bonds. The maximum atomic E-state index is 10.5. The van der Waals surface area contributed by atoms with E-state index in [4.69, 9.17) is 9.47 Å². The van der Waals surface area contributed by atoms with Crippen LogP contribution in [-0.4, -0.2) is 69.0 Å². The van der Waals surface area contributed by atoms with E-state index < -0.39 is 6.10 Å². The molecule has 7 nitrogen and oxygen atoms in total. The van der Waals surface area contributed by atoms with E-state index in [1.54, 1.807) is 26.4 Å². The average Bonchev–Trinajstić information content (AvgIpc) is 2.74. The third-order valence-electron chi connectivity index (χ3n) is 4.95. The molecule has 0 aromatic heterocycles. The van der Waals surface area contributed by atoms with Gasteiger partial charge in [0.1, 0.15) is 0 Å². The fourth-order valence-electron chi connectivity index (χ4n) is 3.13. The summed E-state index contributed by atoms with van der Waals surface area (Å²) in [6, 6.07) is 5.72. The maximum Gasteiger partial charge on any atom is 0.191 e. The molecule has 1 aromatic carbocycles. The summed E-state index contributed by atoms with van der Waals surface area (Å²) in [6.45, 7) is 12.9. The molecule has 0 heterocycles. The summed E-state index contributed by atoms with van der Waals surface area (Å²) in [5, 5.41) is 17.2. The van der Waals surface area contributed by atoms with Crippen LogP contribution in [0, 0.1) is 0 Å². The Labute approximate surface area is 176 Å². The van der Waals surface area contributed by atoms with Crippen molar-refractivity contribution >= 4 is 5.96 Å². The van der Waals surface area contributed by atoms with E-state index in [0.29, 0.717) is 17.5 Å². The zero-order chi connectivity index (χ0) is 21.6. The normalized spacial score (nSPS) is 13.9. The average molecular weight is 409 g/mol. The van der Waals surface area contributed by atoms with E-state index in [9.17, 15) is 5.11 Å². The number of benzene rings is 1. The summed E-state index contributed by atoms with van der Waals surface area (Å²) in [4.78, 5) is 7.00. The molecule has 1 rings (SSSR count). The number of aliphatic hydroxyl groups is 1. The third kappa shape index (κ3) is 8.92. The lowest BCUT2D eigenvalue weighted by Crippen LogP contribution is -2.42. The Bertz CT molecular complexity index is 606. The summed E-state index contributed by atoms with van der Waals surface area (Å²) in [5.74, 6) is 1.96. The van der Waals surface area contributed by atoms with Crippen LogP contribution in [0.15, 0.2) is 23.2 Å². The Balaban J connectivity index is 2.64. The third-order valence-corrected chi connectivity index (χ3v) is 4.95. The molecule has 0 aliphatic rings. The van der Waals surface area contributed by atoms with Crippen molar-refractivity contribution in [1.82, 2.24) is 15.5 Å². The van der Waals surface area contributed by atoms with Crippen molar-refractivity contribution in [2.75, 3.05) is 46.9 Å². The van der Waals surface area contributed by atoms with Gasteiger partial charge in [0.05, 0.1) is 26.9 Å². The van der Waals surface area contributed by atoms with Crippen LogP contribution in [0.25, 0.3) is 0 Å². The Morgan fingerprint density at radius 2 is 1.83 bits per heavy atom. The minimum atomic E-state index is -0.719. The molecule has 29 heavy (non-hydrogen) atoms. The first kappa shape index (κ1) is 25.0. The molecule has 7 heteroatoms. The zero-order valence-corrected chi connectivity index (χ0v) is 19.0. The van der Waals surface area contributed by atoms with E-state index in [2.05, 4.69) is 41.3 Å². The van der Waals surface area contributed by atoms with Gasteiger partial charge in [-0.05, 0) is 64.0 Å². The number of hydrogen-bond donors (Lipinski definition) is 3. The fraction of sp³-hybridized carbons (Fsp3) is 0.682. The maximum absolute atomic E-state index is 10.5. The Hall–Kier alpha value is -1.99. The SMILES string of the molecule is CCNC(=NCC(O)c1ccc(OC)c(OC)c1)NC(C)CCCN(CC)CC. The van der Waals surface area contributed by atoms with Gasteiger partial charge >= 0.3 is 0 Å². The predicted molar refractivity (Wildman–Crippen MR) is 120 cm³/mol. The molecule has 0 saturated carbocycles. The standard InChI is InChI=1S/C22H40N4O3/c1-7-23-22(25-17(4)11-10-14-26(8-2)9-3)24-16-19(27)18-12-13-20(28-5)21(15-18)29-6/h12-13,15,17,19,27H,7-11,14,16H2,1-6H3,(H2,23,24,25). The number of methoxy groups -OCH3 is 2. The smallest absolute Gasteiger partial charge is 0.191 e. The molecular formula is C22H40N4O3. The topological polar surface area (TPSA) is 78.4 Å². The molecule has 0 aliphatic heterocycles. The van der Waals surface area contributed by atoms with Crippen LogP contribution in [0.1, 0.15) is 52.2 Å². The number of nitrogens with one attached hydrogen (secondary N) is 2. The highest BCUT2D eigenvalue weighted by Crippen LogP contribution is 2.30. The number of aliphatic hydroxyl groups excluding tert-OH is 1. The predicted octanol–water partition coefficient (Wildman–Crippen LogP) is 2.80. The number of guanidine groups is 1. The lowest BCUT2D eigenvalue weighted by molar-refractivity contribution is 0.186. The second kappa shape index (κ2) is 14.1. The second-order valence-electron chi connectivity index (χ2n) is 7.06. The van der Waals surface area contributed by atoms with Crippen LogP contribution in [0.4, 0.5) is 0 Å². The van der Waals surface area contributed by atoms with Crippen molar-refractivity contribution in [3.05, 3.63) is 23.8 Å². The Morgan fingerprint density at radius 3 is 2.41 bits per heavy atom. The van der Waals surface area contributed by atoms with Gasteiger partial charge in [0, 0.05) is 12.6 Å². The van der Waals surface area contributed by atoms with E-state index >= 15 is 0 Å². The van der Waals surface area contributed by atoms with Crippen LogP contribution < -0.4 is 20.1 Å². The van der Waals surface area contributed by atoms with Crippen LogP contribution in [0.3, 0.4) is 0 Å². The number of ether oxygens (including phenoxy) is 2. The highest BCUT2D eigenvalue weighted by atomic mass is 16.5. The van der Waals surface area contributed by atoms with Gasteiger partial charge in [-0.3, -0.25) is 4.99 Å². The first-order valence-electron chi connectivity index (χ1n) is 10.7. The van der Waals surface area contributed by atoms with Gasteiger partial charge in [-0.15, -0.1) is 0 Å². The first-order valence-corrected chi connectivity index (χ1v) is 10.7. The van der Waals surface area contributed by atoms with Crippen LogP contribution in [0.5, 0.6) is 11.5 Å². The molecule has 0 spiro atoms. The van der Waals surface area contributed by atoms with Crippen molar-refractivity contribution in [2.24, 2.45) is 4.99 Å². The molecule has 0 aliphatic carbocycles. The van der Waals surface area contributed by atoms with Crippen molar-refractivity contribution in [1.29, 1.82) is 0 Å². The molecule has 1 aromatic rings. The summed E-state index contributed by atoms with van der Waals surface area (Å²) in [6.07, 6.45) is 1.49. The van der Waals surface area contributed by atoms with Gasteiger partial charge in [-0.25, -0.2) is 0 Å². The van der Waals surface area contributed by atoms with Gasteiger partial charge in [0.2, 0.25) is 0 Å². The van der Waals surface area contributed by atoms with E-state index in [1.807, 2.05) is 13.0 Å². The van der Waals surface area contributed by atoms with Gasteiger partial charge in [-0.2, -0.15) is 0 Å². The summed E-state index contributed by atoms with van der Waals surface area (Å²) in [5.41, 5.74) is 0.745. The van der Waals surface area contributed by atoms with E-state index in [-0.39, 0.29) is 6.54 Å². The number of hydrogen-bond acceptors (Lipinski definition) is 5. The largest absolute Gasteiger partial charge is 0.493 e. The lowest BCUT2D eigenvalue weighted by Gasteiger charge is -2.21. The minimum absolute atomic E-state index is 0.261. The quantitative estimate of drug-likeness (QED) is 0.344. The van der Waals surface area contributed by atoms with Gasteiger partial charge in [-0.1, -0.05) is 19.9 Å². The lowest BCUT2D eigenvalue weighted by atomic mass is 10.1. The Morgan fingerprint density at radius 1 is 1.14 bits per heavy atom. The van der Waals surface area contributed by atoms with Crippen molar-refractivity contribution < 1.29 is 14.6 Å². The van der Waals surface area contributed by atoms with Crippen LogP contribution >= 0.6 is 0 Å². The highest BCUT2D eigenvalue weighted by Gasteiger charge is 2.13. The van der Waals surface area contributed by atoms with E-state index in [1.165, 1.54) is 0 Å². The molecule has 0 fully saturated rings. The Kier molecular flexibility index (Phi) is 12.1. The second-order valence-corrected chi connectivity index (χ2v) is 7.06. The summed E-state index contributed by atoms with van der Waals surface area (Å²) in [7, 11) is 3.18. The summed E-state index contributed by atoms with van der Waals surface area (Å²) >= 11 is 0. The highest BCUT2D eigenvalue weighted by molar-refractivity contribution is 5.80. The van der Waals surface area contributed by atoms with Gasteiger partial charge in [0.15, 0.2) is 17.5 Å². The molecule has 166 valence electrons. The molecule has 0 saturated heterocycles. The molecule has 0 bridgehead atoms. The molecule has 3 N–H and O–H groups in total. The van der Waals surface area contributed by atoms with Crippen molar-refractivity contribution in [3.8, 4) is 11.5 Å². The zero-order valence-electron chi connectivity index (χ0n) is 19.0. The molecular weight excluding hydrogens is 368 g/mol.